The molecular formula is C19H25F3. The summed E-state index contributed by atoms with van der Waals surface area (Å²) >= 11 is 0. The molecule has 0 saturated heterocycles. The zero-order chi connectivity index (χ0) is 15.9. The van der Waals surface area contributed by atoms with Crippen molar-refractivity contribution in [1.82, 2.24) is 0 Å². The SMILES string of the molecule is CCCC1CCC(C/C=C\Cc2cc(F)c(F)c(F)c2)CC1. The molecule has 22 heavy (non-hydrogen) atoms. The molecule has 1 saturated carbocycles. The van der Waals surface area contributed by atoms with E-state index >= 15 is 0 Å². The van der Waals surface area contributed by atoms with E-state index in [0.717, 1.165) is 30.4 Å². The van der Waals surface area contributed by atoms with Crippen LogP contribution in [0.4, 0.5) is 13.2 Å². The third-order valence-electron chi connectivity index (χ3n) is 4.70. The van der Waals surface area contributed by atoms with Gasteiger partial charge in [0.2, 0.25) is 0 Å². The van der Waals surface area contributed by atoms with Gasteiger partial charge in [0.1, 0.15) is 0 Å². The van der Waals surface area contributed by atoms with Gasteiger partial charge < -0.3 is 0 Å². The molecule has 0 heterocycles. The summed E-state index contributed by atoms with van der Waals surface area (Å²) in [6.07, 6.45) is 13.4. The van der Waals surface area contributed by atoms with Crippen LogP contribution in [0.2, 0.25) is 0 Å². The predicted octanol–water partition coefficient (Wildman–Crippen LogP) is 6.20. The molecule has 0 nitrogen and oxygen atoms in total. The molecule has 1 aliphatic carbocycles. The van der Waals surface area contributed by atoms with Crippen LogP contribution < -0.4 is 0 Å². The number of allylic oxidation sites excluding steroid dienone is 2. The van der Waals surface area contributed by atoms with Crippen LogP contribution in [0, 0.1) is 29.3 Å². The molecule has 0 atom stereocenters. The van der Waals surface area contributed by atoms with Gasteiger partial charge in [-0.1, -0.05) is 44.8 Å². The predicted molar refractivity (Wildman–Crippen MR) is 84.1 cm³/mol. The van der Waals surface area contributed by atoms with E-state index in [0.29, 0.717) is 12.0 Å². The molecule has 0 bridgehead atoms. The molecule has 1 aromatic rings. The van der Waals surface area contributed by atoms with Crippen molar-refractivity contribution in [3.63, 3.8) is 0 Å². The zero-order valence-electron chi connectivity index (χ0n) is 13.3. The Hall–Kier alpha value is -1.25. The Morgan fingerprint density at radius 3 is 2.14 bits per heavy atom. The molecule has 0 unspecified atom stereocenters. The van der Waals surface area contributed by atoms with Gasteiger partial charge in [-0.3, -0.25) is 0 Å². The van der Waals surface area contributed by atoms with Crippen LogP contribution in [0.15, 0.2) is 24.3 Å². The Bertz CT molecular complexity index is 476. The molecule has 1 aromatic carbocycles. The lowest BCUT2D eigenvalue weighted by Crippen LogP contribution is -2.13. The van der Waals surface area contributed by atoms with Crippen molar-refractivity contribution >= 4 is 0 Å². The Kier molecular flexibility index (Phi) is 6.53. The molecule has 0 aromatic heterocycles. The quantitative estimate of drug-likeness (QED) is 0.433. The van der Waals surface area contributed by atoms with Gasteiger partial charge in [-0.2, -0.15) is 0 Å². The second-order valence-electron chi connectivity index (χ2n) is 6.46. The molecular weight excluding hydrogens is 285 g/mol. The first kappa shape index (κ1) is 17.1. The normalized spacial score (nSPS) is 22.4. The molecule has 0 aliphatic heterocycles. The molecule has 2 rings (SSSR count). The van der Waals surface area contributed by atoms with Crippen molar-refractivity contribution in [3.8, 4) is 0 Å². The molecule has 0 radical (unpaired) electrons. The highest BCUT2D eigenvalue weighted by atomic mass is 19.2. The molecule has 1 aliphatic rings. The fourth-order valence-corrected chi connectivity index (χ4v) is 3.40. The van der Waals surface area contributed by atoms with Crippen molar-refractivity contribution in [3.05, 3.63) is 47.3 Å². The summed E-state index contributed by atoms with van der Waals surface area (Å²) in [5, 5.41) is 0. The Balaban J connectivity index is 1.75. The molecule has 1 fully saturated rings. The van der Waals surface area contributed by atoms with Crippen LogP contribution in [0.25, 0.3) is 0 Å². The average molecular weight is 310 g/mol. The average Bonchev–Trinajstić information content (AvgIpc) is 2.51. The summed E-state index contributed by atoms with van der Waals surface area (Å²) in [4.78, 5) is 0. The first-order chi connectivity index (χ1) is 10.6. The molecule has 0 amide bonds. The van der Waals surface area contributed by atoms with E-state index in [4.69, 9.17) is 0 Å². The fourth-order valence-electron chi connectivity index (χ4n) is 3.40. The fraction of sp³-hybridized carbons (Fsp3) is 0.579. The van der Waals surface area contributed by atoms with E-state index in [-0.39, 0.29) is 0 Å². The Morgan fingerprint density at radius 1 is 0.955 bits per heavy atom. The molecule has 3 heteroatoms. The number of rotatable bonds is 6. The molecule has 0 spiro atoms. The zero-order valence-corrected chi connectivity index (χ0v) is 13.3. The van der Waals surface area contributed by atoms with Gasteiger partial charge in [-0.15, -0.1) is 0 Å². The van der Waals surface area contributed by atoms with Crippen LogP contribution >= 0.6 is 0 Å². The summed E-state index contributed by atoms with van der Waals surface area (Å²) in [5.41, 5.74) is 0.472. The Morgan fingerprint density at radius 2 is 1.55 bits per heavy atom. The highest BCUT2D eigenvalue weighted by molar-refractivity contribution is 5.21. The van der Waals surface area contributed by atoms with Gasteiger partial charge in [0.25, 0.3) is 0 Å². The smallest absolute Gasteiger partial charge is 0.194 e. The lowest BCUT2D eigenvalue weighted by atomic mass is 9.79. The van der Waals surface area contributed by atoms with E-state index in [1.54, 1.807) is 0 Å². The van der Waals surface area contributed by atoms with Crippen LogP contribution in [0.5, 0.6) is 0 Å². The van der Waals surface area contributed by atoms with Crippen molar-refractivity contribution in [1.29, 1.82) is 0 Å². The van der Waals surface area contributed by atoms with Gasteiger partial charge in [0, 0.05) is 0 Å². The van der Waals surface area contributed by atoms with Crippen LogP contribution in [-0.4, -0.2) is 0 Å². The maximum absolute atomic E-state index is 13.1. The second kappa shape index (κ2) is 8.40. The largest absolute Gasteiger partial charge is 0.204 e. The number of benzene rings is 1. The third-order valence-corrected chi connectivity index (χ3v) is 4.70. The monoisotopic (exact) mass is 310 g/mol. The third kappa shape index (κ3) is 4.89. The van der Waals surface area contributed by atoms with E-state index in [1.807, 2.05) is 6.08 Å². The minimum absolute atomic E-state index is 0.444. The molecule has 0 N–H and O–H groups in total. The van der Waals surface area contributed by atoms with Gasteiger partial charge in [0.05, 0.1) is 0 Å². The standard InChI is InChI=1S/C19H25F3/c1-2-5-14-8-10-15(11-9-14)6-3-4-7-16-12-17(20)19(22)18(21)13-16/h3-4,12-15H,2,5-11H2,1H3/b4-3-. The van der Waals surface area contributed by atoms with E-state index < -0.39 is 17.5 Å². The van der Waals surface area contributed by atoms with Gasteiger partial charge in [-0.25, -0.2) is 13.2 Å². The summed E-state index contributed by atoms with van der Waals surface area (Å²) < 4.78 is 39.1. The Labute approximate surface area is 131 Å². The summed E-state index contributed by atoms with van der Waals surface area (Å²) in [6.45, 7) is 2.25. The van der Waals surface area contributed by atoms with Gasteiger partial charge in [-0.05, 0) is 55.2 Å². The summed E-state index contributed by atoms with van der Waals surface area (Å²) in [7, 11) is 0. The first-order valence-corrected chi connectivity index (χ1v) is 8.38. The lowest BCUT2D eigenvalue weighted by molar-refractivity contribution is 0.263. The minimum Gasteiger partial charge on any atom is -0.204 e. The van der Waals surface area contributed by atoms with Crippen LogP contribution in [-0.2, 0) is 6.42 Å². The lowest BCUT2D eigenvalue weighted by Gasteiger charge is -2.27. The maximum Gasteiger partial charge on any atom is 0.194 e. The van der Waals surface area contributed by atoms with Gasteiger partial charge in [0.15, 0.2) is 17.5 Å². The van der Waals surface area contributed by atoms with Gasteiger partial charge >= 0.3 is 0 Å². The van der Waals surface area contributed by atoms with E-state index in [9.17, 15) is 13.2 Å². The van der Waals surface area contributed by atoms with Crippen molar-refractivity contribution in [2.45, 2.75) is 58.3 Å². The van der Waals surface area contributed by atoms with Crippen molar-refractivity contribution in [2.75, 3.05) is 0 Å². The van der Waals surface area contributed by atoms with Crippen molar-refractivity contribution < 1.29 is 13.2 Å². The second-order valence-corrected chi connectivity index (χ2v) is 6.46. The van der Waals surface area contributed by atoms with E-state index in [2.05, 4.69) is 13.0 Å². The summed E-state index contributed by atoms with van der Waals surface area (Å²) in [5.74, 6) is -1.96. The van der Waals surface area contributed by atoms with E-state index in [1.165, 1.54) is 38.5 Å². The topological polar surface area (TPSA) is 0 Å². The maximum atomic E-state index is 13.1. The molecule has 122 valence electrons. The summed E-state index contributed by atoms with van der Waals surface area (Å²) in [6, 6.07) is 2.14. The van der Waals surface area contributed by atoms with Crippen LogP contribution in [0.3, 0.4) is 0 Å². The highest BCUT2D eigenvalue weighted by Crippen LogP contribution is 2.33. The number of halogens is 3. The number of hydrogen-bond acceptors (Lipinski definition) is 0. The van der Waals surface area contributed by atoms with Crippen molar-refractivity contribution in [2.24, 2.45) is 11.8 Å². The number of hydrogen-bond donors (Lipinski definition) is 0. The first-order valence-electron chi connectivity index (χ1n) is 8.38. The van der Waals surface area contributed by atoms with Crippen LogP contribution in [0.1, 0.15) is 57.4 Å². The minimum atomic E-state index is -1.39. The highest BCUT2D eigenvalue weighted by Gasteiger charge is 2.19.